The van der Waals surface area contributed by atoms with Crippen LogP contribution < -0.4 is 9.47 Å². The zero-order valence-electron chi connectivity index (χ0n) is 14.2. The van der Waals surface area contributed by atoms with Gasteiger partial charge in [-0.05, 0) is 48.9 Å². The Bertz CT molecular complexity index is 965. The van der Waals surface area contributed by atoms with Gasteiger partial charge in [0, 0.05) is 16.5 Å². The zero-order chi connectivity index (χ0) is 18.0. The summed E-state index contributed by atoms with van der Waals surface area (Å²) in [4.78, 5) is 11.0. The summed E-state index contributed by atoms with van der Waals surface area (Å²) in [6.45, 7) is 1.55. The van der Waals surface area contributed by atoms with E-state index in [0.717, 1.165) is 22.3 Å². The number of hydrogen-bond acceptors (Lipinski definition) is 4. The number of rotatable bonds is 5. The molecule has 2 aromatic carbocycles. The van der Waals surface area contributed by atoms with E-state index < -0.39 is 5.97 Å². The average Bonchev–Trinajstić information content (AvgIpc) is 3.05. The van der Waals surface area contributed by atoms with E-state index in [9.17, 15) is 4.79 Å². The van der Waals surface area contributed by atoms with Crippen molar-refractivity contribution in [2.45, 2.75) is 6.92 Å². The summed E-state index contributed by atoms with van der Waals surface area (Å²) >= 11 is 0. The first kappa shape index (κ1) is 16.6. The summed E-state index contributed by atoms with van der Waals surface area (Å²) < 4.78 is 16.6. The van der Waals surface area contributed by atoms with Crippen LogP contribution in [0.25, 0.3) is 28.4 Å². The Morgan fingerprint density at radius 2 is 1.92 bits per heavy atom. The number of methoxy groups -OCH3 is 2. The zero-order valence-corrected chi connectivity index (χ0v) is 14.2. The number of hydrogen-bond donors (Lipinski definition) is 1. The van der Waals surface area contributed by atoms with Gasteiger partial charge < -0.3 is 19.0 Å². The topological polar surface area (TPSA) is 68.9 Å². The molecule has 0 amide bonds. The molecule has 5 heteroatoms. The maximum atomic E-state index is 11.0. The standard InChI is InChI=1S/C20H18O5/c1-12(20(21)22)7-13-8-15-11-17(25-19(15)18(9-13)24-3)14-5-4-6-16(10-14)23-2/h4-11H,1-3H3,(H,21,22). The largest absolute Gasteiger partial charge is 0.497 e. The first-order valence-corrected chi connectivity index (χ1v) is 7.69. The predicted molar refractivity (Wildman–Crippen MR) is 96.0 cm³/mol. The van der Waals surface area contributed by atoms with Crippen molar-refractivity contribution in [1.82, 2.24) is 0 Å². The second-order valence-corrected chi connectivity index (χ2v) is 5.62. The van der Waals surface area contributed by atoms with Gasteiger partial charge in [0.05, 0.1) is 14.2 Å². The number of aliphatic carboxylic acids is 1. The Morgan fingerprint density at radius 3 is 2.60 bits per heavy atom. The molecule has 5 nitrogen and oxygen atoms in total. The summed E-state index contributed by atoms with van der Waals surface area (Å²) in [5.74, 6) is 1.02. The van der Waals surface area contributed by atoms with Crippen LogP contribution in [-0.2, 0) is 4.79 Å². The van der Waals surface area contributed by atoms with Crippen LogP contribution in [-0.4, -0.2) is 25.3 Å². The van der Waals surface area contributed by atoms with Crippen molar-refractivity contribution in [2.24, 2.45) is 0 Å². The lowest BCUT2D eigenvalue weighted by Crippen LogP contribution is -1.95. The van der Waals surface area contributed by atoms with Crippen LogP contribution in [0.5, 0.6) is 11.5 Å². The molecular formula is C20H18O5. The Kier molecular flexibility index (Phi) is 4.48. The van der Waals surface area contributed by atoms with Gasteiger partial charge in [-0.3, -0.25) is 0 Å². The quantitative estimate of drug-likeness (QED) is 0.688. The van der Waals surface area contributed by atoms with Crippen molar-refractivity contribution in [3.05, 3.63) is 53.6 Å². The van der Waals surface area contributed by atoms with E-state index in [1.807, 2.05) is 36.4 Å². The van der Waals surface area contributed by atoms with Gasteiger partial charge in [-0.2, -0.15) is 0 Å². The lowest BCUT2D eigenvalue weighted by atomic mass is 10.1. The van der Waals surface area contributed by atoms with Crippen molar-refractivity contribution < 1.29 is 23.8 Å². The van der Waals surface area contributed by atoms with Gasteiger partial charge in [-0.1, -0.05) is 12.1 Å². The van der Waals surface area contributed by atoms with Crippen molar-refractivity contribution in [3.63, 3.8) is 0 Å². The highest BCUT2D eigenvalue weighted by Crippen LogP contribution is 2.36. The van der Waals surface area contributed by atoms with E-state index >= 15 is 0 Å². The van der Waals surface area contributed by atoms with E-state index in [2.05, 4.69) is 0 Å². The fourth-order valence-corrected chi connectivity index (χ4v) is 2.61. The minimum Gasteiger partial charge on any atom is -0.497 e. The molecule has 0 radical (unpaired) electrons. The van der Waals surface area contributed by atoms with Crippen LogP contribution in [0.2, 0.25) is 0 Å². The summed E-state index contributed by atoms with van der Waals surface area (Å²) in [5, 5.41) is 9.89. The minimum absolute atomic E-state index is 0.248. The highest BCUT2D eigenvalue weighted by Gasteiger charge is 2.13. The molecule has 1 heterocycles. The van der Waals surface area contributed by atoms with Crippen LogP contribution in [0.3, 0.4) is 0 Å². The van der Waals surface area contributed by atoms with E-state index in [1.165, 1.54) is 0 Å². The predicted octanol–water partition coefficient (Wildman–Crippen LogP) is 4.60. The number of ether oxygens (including phenoxy) is 2. The van der Waals surface area contributed by atoms with E-state index in [0.29, 0.717) is 17.1 Å². The molecule has 1 aromatic heterocycles. The maximum Gasteiger partial charge on any atom is 0.331 e. The monoisotopic (exact) mass is 338 g/mol. The molecule has 0 unspecified atom stereocenters. The molecule has 0 atom stereocenters. The molecule has 3 rings (SSSR count). The lowest BCUT2D eigenvalue weighted by Gasteiger charge is -2.03. The molecule has 0 spiro atoms. The normalized spacial score (nSPS) is 11.6. The summed E-state index contributed by atoms with van der Waals surface area (Å²) in [6, 6.07) is 13.1. The lowest BCUT2D eigenvalue weighted by molar-refractivity contribution is -0.132. The Morgan fingerprint density at radius 1 is 1.12 bits per heavy atom. The van der Waals surface area contributed by atoms with Crippen LogP contribution in [0.4, 0.5) is 0 Å². The van der Waals surface area contributed by atoms with Gasteiger partial charge in [0.25, 0.3) is 0 Å². The molecule has 0 aliphatic carbocycles. The molecule has 0 aliphatic heterocycles. The SMILES string of the molecule is COc1cccc(-c2cc3cc(C=C(C)C(=O)O)cc(OC)c3o2)c1. The number of fused-ring (bicyclic) bond motifs is 1. The molecule has 0 fully saturated rings. The third kappa shape index (κ3) is 3.35. The van der Waals surface area contributed by atoms with Gasteiger partial charge in [-0.15, -0.1) is 0 Å². The summed E-state index contributed by atoms with van der Waals surface area (Å²) in [5.41, 5.74) is 2.49. The Hall–Kier alpha value is -3.21. The van der Waals surface area contributed by atoms with Crippen molar-refractivity contribution in [3.8, 4) is 22.8 Å². The van der Waals surface area contributed by atoms with Gasteiger partial charge in [0.2, 0.25) is 0 Å². The molecule has 0 saturated heterocycles. The van der Waals surface area contributed by atoms with Crippen LogP contribution in [0, 0.1) is 0 Å². The van der Waals surface area contributed by atoms with E-state index in [4.69, 9.17) is 19.0 Å². The molecule has 0 aliphatic rings. The highest BCUT2D eigenvalue weighted by molar-refractivity contribution is 5.94. The first-order valence-electron chi connectivity index (χ1n) is 7.69. The fraction of sp³-hybridized carbons (Fsp3) is 0.150. The second kappa shape index (κ2) is 6.73. The number of benzene rings is 2. The molecule has 0 bridgehead atoms. The first-order chi connectivity index (χ1) is 12.0. The second-order valence-electron chi connectivity index (χ2n) is 5.62. The number of carbonyl (C=O) groups is 1. The van der Waals surface area contributed by atoms with E-state index in [-0.39, 0.29) is 5.57 Å². The fourth-order valence-electron chi connectivity index (χ4n) is 2.61. The molecule has 25 heavy (non-hydrogen) atoms. The van der Waals surface area contributed by atoms with Gasteiger partial charge in [0.1, 0.15) is 11.5 Å². The van der Waals surface area contributed by atoms with Crippen molar-refractivity contribution in [2.75, 3.05) is 14.2 Å². The molecular weight excluding hydrogens is 320 g/mol. The Labute approximate surface area is 145 Å². The average molecular weight is 338 g/mol. The van der Waals surface area contributed by atoms with Gasteiger partial charge >= 0.3 is 5.97 Å². The van der Waals surface area contributed by atoms with Crippen molar-refractivity contribution in [1.29, 1.82) is 0 Å². The molecule has 3 aromatic rings. The van der Waals surface area contributed by atoms with Gasteiger partial charge in [-0.25, -0.2) is 4.79 Å². The third-order valence-electron chi connectivity index (χ3n) is 3.90. The third-order valence-corrected chi connectivity index (χ3v) is 3.90. The number of furan rings is 1. The van der Waals surface area contributed by atoms with Crippen LogP contribution in [0.15, 0.2) is 52.5 Å². The van der Waals surface area contributed by atoms with Crippen LogP contribution in [0.1, 0.15) is 12.5 Å². The van der Waals surface area contributed by atoms with Crippen LogP contribution >= 0.6 is 0 Å². The Balaban J connectivity index is 2.13. The highest BCUT2D eigenvalue weighted by atomic mass is 16.5. The maximum absolute atomic E-state index is 11.0. The smallest absolute Gasteiger partial charge is 0.331 e. The summed E-state index contributed by atoms with van der Waals surface area (Å²) in [6.07, 6.45) is 1.60. The van der Waals surface area contributed by atoms with Crippen molar-refractivity contribution >= 4 is 23.0 Å². The molecule has 128 valence electrons. The van der Waals surface area contributed by atoms with Gasteiger partial charge in [0.15, 0.2) is 11.3 Å². The minimum atomic E-state index is -0.955. The van der Waals surface area contributed by atoms with E-state index in [1.54, 1.807) is 33.3 Å². The molecule has 0 saturated carbocycles. The number of carboxylic acid groups (broad SMARTS) is 1. The molecule has 1 N–H and O–H groups in total. The summed E-state index contributed by atoms with van der Waals surface area (Å²) in [7, 11) is 3.17. The number of carboxylic acids is 1.